The van der Waals surface area contributed by atoms with Crippen molar-refractivity contribution < 1.29 is 14.3 Å². The molecule has 0 aliphatic rings. The summed E-state index contributed by atoms with van der Waals surface area (Å²) in [6, 6.07) is 4.94. The van der Waals surface area contributed by atoms with Gasteiger partial charge in [-0.05, 0) is 19.1 Å². The third-order valence-electron chi connectivity index (χ3n) is 2.53. The van der Waals surface area contributed by atoms with Gasteiger partial charge in [0.05, 0.1) is 29.3 Å². The van der Waals surface area contributed by atoms with Crippen molar-refractivity contribution in [3.05, 3.63) is 33.9 Å². The van der Waals surface area contributed by atoms with Gasteiger partial charge in [-0.3, -0.25) is 0 Å². The second-order valence-electron chi connectivity index (χ2n) is 3.69. The number of hydrogen-bond acceptors (Lipinski definition) is 4. The van der Waals surface area contributed by atoms with Gasteiger partial charge in [0.25, 0.3) is 0 Å². The average molecular weight is 300 g/mol. The van der Waals surface area contributed by atoms with E-state index in [0.29, 0.717) is 28.3 Å². The molecule has 0 saturated heterocycles. The van der Waals surface area contributed by atoms with Crippen LogP contribution in [0.2, 0.25) is 10.0 Å². The molecule has 0 amide bonds. The molecule has 0 unspecified atom stereocenters. The number of ether oxygens (including phenoxy) is 2. The van der Waals surface area contributed by atoms with Gasteiger partial charge in [0.1, 0.15) is 5.75 Å². The van der Waals surface area contributed by atoms with Gasteiger partial charge in [-0.25, -0.2) is 9.78 Å². The number of halogens is 2. The second kappa shape index (κ2) is 5.63. The van der Waals surface area contributed by atoms with Gasteiger partial charge in [0.2, 0.25) is 0 Å². The van der Waals surface area contributed by atoms with Crippen molar-refractivity contribution in [2.45, 2.75) is 6.92 Å². The maximum Gasteiger partial charge on any atom is 0.356 e. The van der Waals surface area contributed by atoms with Crippen LogP contribution in [0.1, 0.15) is 17.4 Å². The van der Waals surface area contributed by atoms with Crippen LogP contribution >= 0.6 is 23.2 Å². The highest BCUT2D eigenvalue weighted by Crippen LogP contribution is 2.34. The number of nitrogens with zero attached hydrogens (tertiary/aromatic N) is 1. The Morgan fingerprint density at radius 1 is 1.37 bits per heavy atom. The standard InChI is InChI=1S/C13H11Cl2NO3/c1-3-19-10-6-9(13(17)18-2)16-12-7(10)4-5-8(14)11(12)15/h4-6H,3H2,1-2H3. The lowest BCUT2D eigenvalue weighted by Crippen LogP contribution is -2.06. The summed E-state index contributed by atoms with van der Waals surface area (Å²) in [6.07, 6.45) is 0. The van der Waals surface area contributed by atoms with E-state index in [4.69, 9.17) is 27.9 Å². The lowest BCUT2D eigenvalue weighted by atomic mass is 10.1. The second-order valence-corrected chi connectivity index (χ2v) is 4.47. The van der Waals surface area contributed by atoms with E-state index in [1.165, 1.54) is 13.2 Å². The predicted molar refractivity (Wildman–Crippen MR) is 74.3 cm³/mol. The number of pyridine rings is 1. The number of carbonyl (C=O) groups is 1. The fraction of sp³-hybridized carbons (Fsp3) is 0.231. The van der Waals surface area contributed by atoms with Gasteiger partial charge >= 0.3 is 5.97 Å². The molecule has 4 nitrogen and oxygen atoms in total. The smallest absolute Gasteiger partial charge is 0.356 e. The summed E-state index contributed by atoms with van der Waals surface area (Å²) in [5.41, 5.74) is 0.545. The lowest BCUT2D eigenvalue weighted by Gasteiger charge is -2.10. The van der Waals surface area contributed by atoms with Crippen LogP contribution in [0, 0.1) is 0 Å². The normalized spacial score (nSPS) is 10.5. The molecule has 0 saturated carbocycles. The fourth-order valence-corrected chi connectivity index (χ4v) is 2.05. The fourth-order valence-electron chi connectivity index (χ4n) is 1.69. The van der Waals surface area contributed by atoms with Gasteiger partial charge in [-0.2, -0.15) is 0 Å². The Bertz CT molecular complexity index is 643. The van der Waals surface area contributed by atoms with Crippen LogP contribution in [0.5, 0.6) is 5.75 Å². The number of rotatable bonds is 3. The van der Waals surface area contributed by atoms with Crippen molar-refractivity contribution in [3.63, 3.8) is 0 Å². The molecular weight excluding hydrogens is 289 g/mol. The highest BCUT2D eigenvalue weighted by Gasteiger charge is 2.16. The zero-order valence-corrected chi connectivity index (χ0v) is 11.9. The van der Waals surface area contributed by atoms with Crippen LogP contribution in [0.4, 0.5) is 0 Å². The van der Waals surface area contributed by atoms with Crippen LogP contribution in [0.3, 0.4) is 0 Å². The molecule has 0 fully saturated rings. The zero-order valence-electron chi connectivity index (χ0n) is 10.4. The van der Waals surface area contributed by atoms with E-state index in [2.05, 4.69) is 9.72 Å². The third-order valence-corrected chi connectivity index (χ3v) is 3.32. The van der Waals surface area contributed by atoms with E-state index in [0.717, 1.165) is 0 Å². The van der Waals surface area contributed by atoms with Crippen LogP contribution in [0.15, 0.2) is 18.2 Å². The van der Waals surface area contributed by atoms with Crippen LogP contribution in [-0.4, -0.2) is 24.7 Å². The van der Waals surface area contributed by atoms with Gasteiger partial charge < -0.3 is 9.47 Å². The molecule has 100 valence electrons. The Balaban J connectivity index is 2.76. The third kappa shape index (κ3) is 2.60. The molecule has 6 heteroatoms. The van der Waals surface area contributed by atoms with Crippen molar-refractivity contribution in [2.24, 2.45) is 0 Å². The average Bonchev–Trinajstić information content (AvgIpc) is 2.42. The molecule has 2 rings (SSSR count). The first-order valence-corrected chi connectivity index (χ1v) is 6.34. The number of methoxy groups -OCH3 is 1. The molecule has 0 atom stereocenters. The minimum atomic E-state index is -0.557. The van der Waals surface area contributed by atoms with E-state index in [-0.39, 0.29) is 10.7 Å². The number of benzene rings is 1. The van der Waals surface area contributed by atoms with E-state index in [9.17, 15) is 4.79 Å². The molecule has 19 heavy (non-hydrogen) atoms. The highest BCUT2D eigenvalue weighted by molar-refractivity contribution is 6.45. The molecule has 0 aliphatic heterocycles. The quantitative estimate of drug-likeness (QED) is 0.810. The molecule has 0 N–H and O–H groups in total. The number of fused-ring (bicyclic) bond motifs is 1. The summed E-state index contributed by atoms with van der Waals surface area (Å²) in [6.45, 7) is 2.31. The maximum atomic E-state index is 11.6. The Labute approximate surface area is 120 Å². The largest absolute Gasteiger partial charge is 0.493 e. The zero-order chi connectivity index (χ0) is 14.0. The van der Waals surface area contributed by atoms with E-state index in [1.807, 2.05) is 6.92 Å². The molecular formula is C13H11Cl2NO3. The molecule has 0 radical (unpaired) electrons. The maximum absolute atomic E-state index is 11.6. The van der Waals surface area contributed by atoms with Crippen LogP contribution < -0.4 is 4.74 Å². The topological polar surface area (TPSA) is 48.4 Å². The van der Waals surface area contributed by atoms with E-state index in [1.54, 1.807) is 12.1 Å². The van der Waals surface area contributed by atoms with Crippen molar-refractivity contribution in [3.8, 4) is 5.75 Å². The summed E-state index contributed by atoms with van der Waals surface area (Å²) >= 11 is 12.1. The SMILES string of the molecule is CCOc1cc(C(=O)OC)nc2c(Cl)c(Cl)ccc12. The summed E-state index contributed by atoms with van der Waals surface area (Å²) in [4.78, 5) is 15.8. The Morgan fingerprint density at radius 2 is 2.11 bits per heavy atom. The molecule has 0 aliphatic carbocycles. The minimum Gasteiger partial charge on any atom is -0.493 e. The first-order chi connectivity index (χ1) is 9.08. The van der Waals surface area contributed by atoms with E-state index >= 15 is 0 Å². The van der Waals surface area contributed by atoms with Gasteiger partial charge in [-0.1, -0.05) is 23.2 Å². The Morgan fingerprint density at radius 3 is 2.74 bits per heavy atom. The number of hydrogen-bond donors (Lipinski definition) is 0. The first-order valence-electron chi connectivity index (χ1n) is 5.58. The van der Waals surface area contributed by atoms with Crippen LogP contribution in [0.25, 0.3) is 10.9 Å². The molecule has 0 spiro atoms. The minimum absolute atomic E-state index is 0.127. The van der Waals surface area contributed by atoms with Gasteiger partial charge in [0, 0.05) is 11.5 Å². The molecule has 2 aromatic rings. The summed E-state index contributed by atoms with van der Waals surface area (Å²) in [5, 5.41) is 1.35. The number of carbonyl (C=O) groups excluding carboxylic acids is 1. The van der Waals surface area contributed by atoms with E-state index < -0.39 is 5.97 Å². The predicted octanol–water partition coefficient (Wildman–Crippen LogP) is 3.73. The van der Waals surface area contributed by atoms with Gasteiger partial charge in [-0.15, -0.1) is 0 Å². The number of aromatic nitrogens is 1. The van der Waals surface area contributed by atoms with Gasteiger partial charge in [0.15, 0.2) is 5.69 Å². The first kappa shape index (κ1) is 13.9. The summed E-state index contributed by atoms with van der Waals surface area (Å²) < 4.78 is 10.2. The highest BCUT2D eigenvalue weighted by atomic mass is 35.5. The molecule has 1 heterocycles. The van der Waals surface area contributed by atoms with Crippen LogP contribution in [-0.2, 0) is 4.74 Å². The lowest BCUT2D eigenvalue weighted by molar-refractivity contribution is 0.0594. The molecule has 0 bridgehead atoms. The summed E-state index contributed by atoms with van der Waals surface area (Å²) in [7, 11) is 1.29. The molecule has 1 aromatic carbocycles. The summed E-state index contributed by atoms with van der Waals surface area (Å²) in [5.74, 6) is -0.0367. The Hall–Kier alpha value is -1.52. The molecule has 1 aromatic heterocycles. The van der Waals surface area contributed by atoms with Crippen molar-refractivity contribution in [1.82, 2.24) is 4.98 Å². The van der Waals surface area contributed by atoms with Crippen molar-refractivity contribution in [2.75, 3.05) is 13.7 Å². The number of esters is 1. The van der Waals surface area contributed by atoms with Crippen molar-refractivity contribution in [1.29, 1.82) is 0 Å². The Kier molecular flexibility index (Phi) is 4.12. The van der Waals surface area contributed by atoms with Crippen molar-refractivity contribution >= 4 is 40.1 Å². The monoisotopic (exact) mass is 299 g/mol.